The molecule has 2 nitrogen and oxygen atoms in total. The van der Waals surface area contributed by atoms with Gasteiger partial charge in [-0.3, -0.25) is 0 Å². The molecule has 5 aromatic rings. The first kappa shape index (κ1) is 30.5. The molecule has 0 radical (unpaired) electrons. The van der Waals surface area contributed by atoms with Gasteiger partial charge in [-0.05, 0) is 0 Å². The molecule has 0 saturated carbocycles. The van der Waals surface area contributed by atoms with Crippen molar-refractivity contribution in [1.29, 1.82) is 0 Å². The summed E-state index contributed by atoms with van der Waals surface area (Å²) in [4.78, 5) is 13.4. The average molecular weight is 676 g/mol. The van der Waals surface area contributed by atoms with E-state index in [-0.39, 0.29) is 11.4 Å². The van der Waals surface area contributed by atoms with E-state index in [2.05, 4.69) is 152 Å². The first-order valence-electron chi connectivity index (χ1n) is 12.7. The zero-order chi connectivity index (χ0) is 26.9. The Balaban J connectivity index is 0.00000370. The van der Waals surface area contributed by atoms with Crippen LogP contribution in [0.4, 0.5) is 0 Å². The van der Waals surface area contributed by atoms with Crippen LogP contribution in [0.15, 0.2) is 152 Å². The third-order valence-electron chi connectivity index (χ3n) is 6.26. The molecule has 5 aromatic carbocycles. The summed E-state index contributed by atoms with van der Waals surface area (Å²) >= 11 is 3.69. The molecule has 5 rings (SSSR count). The fourth-order valence-electron chi connectivity index (χ4n) is 4.42. The summed E-state index contributed by atoms with van der Waals surface area (Å²) in [7, 11) is -1.39. The predicted octanol–water partition coefficient (Wildman–Crippen LogP) is 6.99. The Bertz CT molecular complexity index is 1300. The number of rotatable bonds is 11. The first-order chi connectivity index (χ1) is 19.1. The second-order valence-electron chi connectivity index (χ2n) is 8.93. The summed E-state index contributed by atoms with van der Waals surface area (Å²) in [6.45, 7) is 0. The van der Waals surface area contributed by atoms with Gasteiger partial charge >= 0.3 is 244 Å². The monoisotopic (exact) mass is 675 g/mol. The van der Waals surface area contributed by atoms with Crippen LogP contribution in [0.3, 0.4) is 0 Å². The number of carbonyl (C=O) groups excluding carboxylic acids is 1. The van der Waals surface area contributed by atoms with Crippen molar-refractivity contribution >= 4 is 57.9 Å². The Morgan fingerprint density at radius 2 is 0.775 bits per heavy atom. The van der Waals surface area contributed by atoms with E-state index in [1.807, 2.05) is 0 Å². The van der Waals surface area contributed by atoms with Crippen molar-refractivity contribution in [3.63, 3.8) is 0 Å². The van der Waals surface area contributed by atoms with Crippen molar-refractivity contribution in [3.05, 3.63) is 152 Å². The van der Waals surface area contributed by atoms with Crippen LogP contribution in [-0.2, 0) is 20.3 Å². The Labute approximate surface area is 249 Å². The minimum absolute atomic E-state index is 0. The Hall–Kier alpha value is -2.46. The number of halogens is 1. The number of benzene rings is 5. The van der Waals surface area contributed by atoms with Crippen LogP contribution >= 0.6 is 27.4 Å². The van der Waals surface area contributed by atoms with Crippen molar-refractivity contribution in [2.45, 2.75) is 4.89 Å². The molecule has 0 spiro atoms. The van der Waals surface area contributed by atoms with Gasteiger partial charge in [0.05, 0.1) is 0 Å². The molecule has 0 bridgehead atoms. The van der Waals surface area contributed by atoms with E-state index >= 15 is 0 Å². The molecule has 3 N–H and O–H groups in total. The summed E-state index contributed by atoms with van der Waals surface area (Å²) in [5, 5.41) is 5.17. The third-order valence-corrected chi connectivity index (χ3v) is 24.1. The van der Waals surface area contributed by atoms with Crippen molar-refractivity contribution < 1.29 is 20.3 Å². The van der Waals surface area contributed by atoms with Gasteiger partial charge in [0.25, 0.3) is 0 Å². The quantitative estimate of drug-likeness (QED) is 0.0932. The summed E-state index contributed by atoms with van der Waals surface area (Å²) < 4.78 is 3.29. The molecule has 208 valence electrons. The van der Waals surface area contributed by atoms with Crippen LogP contribution < -0.4 is 31.4 Å². The molecule has 0 unspecified atom stereocenters. The molecule has 0 fully saturated rings. The van der Waals surface area contributed by atoms with Crippen molar-refractivity contribution in [3.8, 4) is 0 Å². The van der Waals surface area contributed by atoms with E-state index in [0.29, 0.717) is 4.89 Å². The zero-order valence-electron chi connectivity index (χ0n) is 22.3. The number of hydrogen-bond acceptors (Lipinski definition) is 2. The summed E-state index contributed by atoms with van der Waals surface area (Å²) in [5.41, 5.74) is 0. The van der Waals surface area contributed by atoms with E-state index in [0.717, 1.165) is 9.27 Å². The minimum atomic E-state index is -2.68. The Morgan fingerprint density at radius 3 is 1.05 bits per heavy atom. The summed E-state index contributed by atoms with van der Waals surface area (Å²) in [6, 6.07) is 54.2. The van der Waals surface area contributed by atoms with E-state index in [1.54, 1.807) is 0 Å². The van der Waals surface area contributed by atoms with Crippen molar-refractivity contribution in [1.82, 2.24) is 6.15 Å². The van der Waals surface area contributed by atoms with Gasteiger partial charge in [0, 0.05) is 0 Å². The van der Waals surface area contributed by atoms with Gasteiger partial charge < -0.3 is 6.15 Å². The second kappa shape index (κ2) is 15.0. The van der Waals surface area contributed by atoms with Crippen LogP contribution in [0.25, 0.3) is 0 Å². The normalized spacial score (nSPS) is 11.7. The maximum absolute atomic E-state index is 13.0. The SMILES string of the molecule is N.O=C(Cl)[CH2][Pd]([CH2]P(c1ccccc1)c1ccccc1)([CH2]P(c1ccccc1)c1ccccc1)[c]1ccccc1. The molecule has 0 atom stereocenters. The van der Waals surface area contributed by atoms with E-state index in [4.69, 9.17) is 11.6 Å². The predicted molar refractivity (Wildman–Crippen MR) is 175 cm³/mol. The molecule has 40 heavy (non-hydrogen) atoms. The fraction of sp³-hybridized carbons (Fsp3) is 0.0882. The van der Waals surface area contributed by atoms with Gasteiger partial charge in [-0.1, -0.05) is 0 Å². The standard InChI is InChI=1S/2C13H12P.C6H5.C2H2ClO.H3N.Pd/c2*1-14(12-8-4-2-5-9-12)13-10-6-3-7-11-13;1-2-4-6-5-3-1;1-2(3)4;;/h2*2-11H,1H2;1-5H;1H2;1H3;. The first-order valence-corrected chi connectivity index (χ1v) is 20.2. The van der Waals surface area contributed by atoms with Crippen LogP contribution in [-0.4, -0.2) is 14.5 Å². The van der Waals surface area contributed by atoms with Gasteiger partial charge in [0.1, 0.15) is 0 Å². The Kier molecular flexibility index (Phi) is 11.4. The topological polar surface area (TPSA) is 52.1 Å². The molecule has 0 aliphatic carbocycles. The van der Waals surface area contributed by atoms with E-state index in [1.165, 1.54) is 25.3 Å². The van der Waals surface area contributed by atoms with Crippen LogP contribution in [0.2, 0.25) is 4.89 Å². The fourth-order valence-corrected chi connectivity index (χ4v) is 25.7. The molecule has 0 amide bonds. The van der Waals surface area contributed by atoms with E-state index < -0.39 is 31.4 Å². The molecule has 0 saturated heterocycles. The van der Waals surface area contributed by atoms with E-state index in [9.17, 15) is 4.79 Å². The molecule has 6 heteroatoms. The van der Waals surface area contributed by atoms with Crippen molar-refractivity contribution in [2.24, 2.45) is 0 Å². The number of hydrogen-bond donors (Lipinski definition) is 1. The second-order valence-corrected chi connectivity index (χ2v) is 21.9. The third kappa shape index (κ3) is 7.63. The van der Waals surface area contributed by atoms with Crippen LogP contribution in [0, 0.1) is 0 Å². The van der Waals surface area contributed by atoms with Crippen LogP contribution in [0.5, 0.6) is 0 Å². The van der Waals surface area contributed by atoms with Crippen molar-refractivity contribution in [2.75, 3.05) is 9.27 Å². The molecule has 0 heterocycles. The van der Waals surface area contributed by atoms with Gasteiger partial charge in [-0.15, -0.1) is 0 Å². The summed E-state index contributed by atoms with van der Waals surface area (Å²) in [6.07, 6.45) is 0. The van der Waals surface area contributed by atoms with Gasteiger partial charge in [0.15, 0.2) is 0 Å². The maximum atomic E-state index is 13.0. The molecule has 0 aliphatic rings. The number of carbonyl (C=O) groups is 1. The molecule has 0 aliphatic heterocycles. The van der Waals surface area contributed by atoms with Gasteiger partial charge in [-0.2, -0.15) is 0 Å². The van der Waals surface area contributed by atoms with Gasteiger partial charge in [-0.25, -0.2) is 0 Å². The zero-order valence-corrected chi connectivity index (χ0v) is 26.4. The van der Waals surface area contributed by atoms with Gasteiger partial charge in [0.2, 0.25) is 0 Å². The average Bonchev–Trinajstić information content (AvgIpc) is 3.00. The molecule has 0 aromatic heterocycles. The molecular formula is C34H34ClNOP2Pd. The Morgan fingerprint density at radius 1 is 0.500 bits per heavy atom. The van der Waals surface area contributed by atoms with Crippen LogP contribution in [0.1, 0.15) is 0 Å². The molecular weight excluding hydrogens is 642 g/mol. The summed E-state index contributed by atoms with van der Waals surface area (Å²) in [5.74, 6) is 0.